The van der Waals surface area contributed by atoms with Gasteiger partial charge in [-0.15, -0.1) is 0 Å². The lowest BCUT2D eigenvalue weighted by Crippen LogP contribution is -2.39. The van der Waals surface area contributed by atoms with Gasteiger partial charge in [-0.1, -0.05) is 13.8 Å². The Morgan fingerprint density at radius 1 is 1.11 bits per heavy atom. The maximum absolute atomic E-state index is 4.98. The van der Waals surface area contributed by atoms with Crippen molar-refractivity contribution in [2.24, 2.45) is 4.99 Å². The topological polar surface area (TPSA) is 48.9 Å². The molecule has 5 nitrogen and oxygen atoms in total. The highest BCUT2D eigenvalue weighted by atomic mass is 16.5. The lowest BCUT2D eigenvalue weighted by molar-refractivity contribution is 0.203. The number of hydrogen-bond acceptors (Lipinski definition) is 3. The third kappa shape index (κ3) is 9.24. The molecule has 0 atom stereocenters. The summed E-state index contributed by atoms with van der Waals surface area (Å²) < 4.78 is 4.98. The summed E-state index contributed by atoms with van der Waals surface area (Å²) >= 11 is 0. The van der Waals surface area contributed by atoms with Crippen LogP contribution in [0.3, 0.4) is 0 Å². The number of aliphatic imine (C=N–C) groups is 1. The summed E-state index contributed by atoms with van der Waals surface area (Å²) in [7, 11) is 3.49. The number of guanidine groups is 1. The molecule has 0 aromatic carbocycles. The van der Waals surface area contributed by atoms with Gasteiger partial charge in [0.05, 0.1) is 6.61 Å². The Morgan fingerprint density at radius 3 is 2.33 bits per heavy atom. The average Bonchev–Trinajstić information content (AvgIpc) is 2.41. The number of nitrogens with one attached hydrogen (secondary N) is 2. The van der Waals surface area contributed by atoms with Crippen molar-refractivity contribution in [1.82, 2.24) is 15.5 Å². The molecule has 108 valence electrons. The van der Waals surface area contributed by atoms with E-state index in [1.54, 1.807) is 14.2 Å². The molecule has 0 aromatic heterocycles. The molecule has 0 radical (unpaired) electrons. The van der Waals surface area contributed by atoms with Crippen LogP contribution in [0.5, 0.6) is 0 Å². The summed E-state index contributed by atoms with van der Waals surface area (Å²) in [5.74, 6) is 0.856. The molecule has 0 aromatic rings. The van der Waals surface area contributed by atoms with Gasteiger partial charge in [0.25, 0.3) is 0 Å². The highest BCUT2D eigenvalue weighted by Gasteiger charge is 1.99. The highest BCUT2D eigenvalue weighted by Crippen LogP contribution is 1.93. The zero-order valence-electron chi connectivity index (χ0n) is 12.5. The minimum Gasteiger partial charge on any atom is -0.383 e. The second-order valence-electron chi connectivity index (χ2n) is 4.15. The minimum absolute atomic E-state index is 0.697. The van der Waals surface area contributed by atoms with Gasteiger partial charge in [-0.3, -0.25) is 4.99 Å². The first kappa shape index (κ1) is 17.2. The second-order valence-corrected chi connectivity index (χ2v) is 4.15. The summed E-state index contributed by atoms with van der Waals surface area (Å²) in [6.07, 6.45) is 2.39. The summed E-state index contributed by atoms with van der Waals surface area (Å²) in [4.78, 5) is 6.60. The van der Waals surface area contributed by atoms with E-state index in [0.717, 1.165) is 32.1 Å². The van der Waals surface area contributed by atoms with Crippen LogP contribution in [-0.4, -0.2) is 64.3 Å². The molecular formula is C13H30N4O. The zero-order chi connectivity index (χ0) is 13.6. The van der Waals surface area contributed by atoms with Crippen molar-refractivity contribution >= 4 is 5.96 Å². The van der Waals surface area contributed by atoms with Crippen LogP contribution in [-0.2, 0) is 4.74 Å². The van der Waals surface area contributed by atoms with Crippen molar-refractivity contribution < 1.29 is 4.74 Å². The van der Waals surface area contributed by atoms with Crippen molar-refractivity contribution in [3.05, 3.63) is 0 Å². The summed E-state index contributed by atoms with van der Waals surface area (Å²) in [5, 5.41) is 6.50. The van der Waals surface area contributed by atoms with E-state index in [1.165, 1.54) is 19.4 Å². The molecule has 0 bridgehead atoms. The Bertz CT molecular complexity index is 205. The summed E-state index contributed by atoms with van der Waals surface area (Å²) in [5.41, 5.74) is 0. The molecule has 0 heterocycles. The van der Waals surface area contributed by atoms with E-state index in [4.69, 9.17) is 4.74 Å². The van der Waals surface area contributed by atoms with Gasteiger partial charge in [0.15, 0.2) is 5.96 Å². The van der Waals surface area contributed by atoms with Gasteiger partial charge in [0, 0.05) is 27.2 Å². The van der Waals surface area contributed by atoms with Crippen molar-refractivity contribution in [1.29, 1.82) is 0 Å². The van der Waals surface area contributed by atoms with Crippen LogP contribution in [0, 0.1) is 0 Å². The quantitative estimate of drug-likeness (QED) is 0.347. The lowest BCUT2D eigenvalue weighted by Gasteiger charge is -2.17. The van der Waals surface area contributed by atoms with Crippen molar-refractivity contribution in [3.63, 3.8) is 0 Å². The molecule has 0 unspecified atom stereocenters. The van der Waals surface area contributed by atoms with Crippen molar-refractivity contribution in [3.8, 4) is 0 Å². The van der Waals surface area contributed by atoms with Gasteiger partial charge in [-0.05, 0) is 32.5 Å². The van der Waals surface area contributed by atoms with E-state index < -0.39 is 0 Å². The van der Waals surface area contributed by atoms with E-state index in [2.05, 4.69) is 34.4 Å². The van der Waals surface area contributed by atoms with Gasteiger partial charge in [0.2, 0.25) is 0 Å². The molecule has 0 fully saturated rings. The van der Waals surface area contributed by atoms with Crippen LogP contribution in [0.2, 0.25) is 0 Å². The molecule has 0 spiro atoms. The summed E-state index contributed by atoms with van der Waals surface area (Å²) in [6.45, 7) is 10.3. The maximum atomic E-state index is 4.98. The highest BCUT2D eigenvalue weighted by molar-refractivity contribution is 5.79. The third-order valence-corrected chi connectivity index (χ3v) is 2.91. The first-order valence-electron chi connectivity index (χ1n) is 6.94. The number of nitrogens with zero attached hydrogens (tertiary/aromatic N) is 2. The zero-order valence-corrected chi connectivity index (χ0v) is 12.5. The van der Waals surface area contributed by atoms with Gasteiger partial charge in [-0.25, -0.2) is 0 Å². The number of unbranched alkanes of at least 4 members (excludes halogenated alkanes) is 1. The van der Waals surface area contributed by atoms with Gasteiger partial charge < -0.3 is 20.3 Å². The Labute approximate surface area is 112 Å². The molecule has 0 aliphatic carbocycles. The molecule has 0 aliphatic rings. The molecular weight excluding hydrogens is 228 g/mol. The van der Waals surface area contributed by atoms with Crippen LogP contribution < -0.4 is 10.6 Å². The normalized spacial score (nSPS) is 11.9. The smallest absolute Gasteiger partial charge is 0.191 e. The average molecular weight is 258 g/mol. The Morgan fingerprint density at radius 2 is 1.78 bits per heavy atom. The van der Waals surface area contributed by atoms with E-state index in [-0.39, 0.29) is 0 Å². The van der Waals surface area contributed by atoms with Crippen LogP contribution in [0.15, 0.2) is 4.99 Å². The van der Waals surface area contributed by atoms with E-state index >= 15 is 0 Å². The van der Waals surface area contributed by atoms with E-state index in [1.807, 2.05) is 0 Å². The minimum atomic E-state index is 0.697. The Kier molecular flexibility index (Phi) is 12.1. The Balaban J connectivity index is 3.50. The predicted molar refractivity (Wildman–Crippen MR) is 78.3 cm³/mol. The molecule has 0 rings (SSSR count). The first-order valence-corrected chi connectivity index (χ1v) is 6.94. The lowest BCUT2D eigenvalue weighted by atomic mass is 10.3. The third-order valence-electron chi connectivity index (χ3n) is 2.91. The van der Waals surface area contributed by atoms with Gasteiger partial charge in [0.1, 0.15) is 0 Å². The van der Waals surface area contributed by atoms with Gasteiger partial charge in [-0.2, -0.15) is 0 Å². The van der Waals surface area contributed by atoms with Crippen molar-refractivity contribution in [2.75, 3.05) is 53.5 Å². The number of ether oxygens (including phenoxy) is 1. The fourth-order valence-corrected chi connectivity index (χ4v) is 1.70. The summed E-state index contributed by atoms with van der Waals surface area (Å²) in [6, 6.07) is 0. The van der Waals surface area contributed by atoms with E-state index in [9.17, 15) is 0 Å². The largest absolute Gasteiger partial charge is 0.383 e. The monoisotopic (exact) mass is 258 g/mol. The predicted octanol–water partition coefficient (Wildman–Crippen LogP) is 0.920. The molecule has 2 N–H and O–H groups in total. The van der Waals surface area contributed by atoms with Crippen LogP contribution >= 0.6 is 0 Å². The number of rotatable bonds is 10. The molecule has 5 heteroatoms. The fraction of sp³-hybridized carbons (Fsp3) is 0.923. The standard InChI is InChI=1S/C13H30N4O/c1-5-17(6-2)11-8-7-9-15-13(14-3)16-10-12-18-4/h5-12H2,1-4H3,(H2,14,15,16). The van der Waals surface area contributed by atoms with Crippen LogP contribution in [0.1, 0.15) is 26.7 Å². The number of hydrogen-bond donors (Lipinski definition) is 2. The molecule has 0 aliphatic heterocycles. The SMILES string of the molecule is CCN(CC)CCCCNC(=NC)NCCOC. The molecule has 0 saturated heterocycles. The van der Waals surface area contributed by atoms with Gasteiger partial charge >= 0.3 is 0 Å². The maximum Gasteiger partial charge on any atom is 0.191 e. The second kappa shape index (κ2) is 12.6. The van der Waals surface area contributed by atoms with Crippen molar-refractivity contribution in [2.45, 2.75) is 26.7 Å². The fourth-order valence-electron chi connectivity index (χ4n) is 1.70. The Hall–Kier alpha value is -0.810. The van der Waals surface area contributed by atoms with E-state index in [0.29, 0.717) is 6.61 Å². The first-order chi connectivity index (χ1) is 8.78. The van der Waals surface area contributed by atoms with Crippen LogP contribution in [0.25, 0.3) is 0 Å². The number of methoxy groups -OCH3 is 1. The van der Waals surface area contributed by atoms with Crippen LogP contribution in [0.4, 0.5) is 0 Å². The molecule has 0 saturated carbocycles. The molecule has 0 amide bonds. The molecule has 18 heavy (non-hydrogen) atoms.